The quantitative estimate of drug-likeness (QED) is 0.725. The number of nitrogens with one attached hydrogen (secondary N) is 1. The Morgan fingerprint density at radius 1 is 1.19 bits per heavy atom. The minimum absolute atomic E-state index is 0.0412. The van der Waals surface area contributed by atoms with Crippen LogP contribution in [0.25, 0.3) is 22.0 Å². The molecule has 0 aliphatic heterocycles. The summed E-state index contributed by atoms with van der Waals surface area (Å²) in [6.07, 6.45) is 5.15. The number of aromatic nitrogens is 3. The number of rotatable bonds is 4. The van der Waals surface area contributed by atoms with Gasteiger partial charge in [0, 0.05) is 41.5 Å². The van der Waals surface area contributed by atoms with E-state index in [4.69, 9.17) is 16.7 Å². The first-order valence-corrected chi connectivity index (χ1v) is 6.87. The van der Waals surface area contributed by atoms with Crippen molar-refractivity contribution in [2.75, 3.05) is 18.5 Å². The first-order valence-electron chi connectivity index (χ1n) is 6.49. The third-order valence-electron chi connectivity index (χ3n) is 3.06. The molecule has 3 aromatic heterocycles. The number of pyridine rings is 3. The highest BCUT2D eigenvalue weighted by atomic mass is 35.5. The van der Waals surface area contributed by atoms with Gasteiger partial charge < -0.3 is 10.4 Å². The highest BCUT2D eigenvalue weighted by Gasteiger charge is 2.08. The number of aliphatic hydroxyl groups is 1. The van der Waals surface area contributed by atoms with Gasteiger partial charge in [-0.3, -0.25) is 4.98 Å². The maximum absolute atomic E-state index is 8.99. The fourth-order valence-electron chi connectivity index (χ4n) is 2.12. The van der Waals surface area contributed by atoms with Crippen LogP contribution in [0.5, 0.6) is 0 Å². The Kier molecular flexibility index (Phi) is 3.94. The second kappa shape index (κ2) is 6.03. The van der Waals surface area contributed by atoms with Crippen LogP contribution < -0.4 is 5.32 Å². The van der Waals surface area contributed by atoms with Crippen molar-refractivity contribution in [2.45, 2.75) is 0 Å². The van der Waals surface area contributed by atoms with E-state index in [1.807, 2.05) is 18.2 Å². The van der Waals surface area contributed by atoms with Crippen molar-refractivity contribution in [1.82, 2.24) is 15.0 Å². The molecule has 6 heteroatoms. The summed E-state index contributed by atoms with van der Waals surface area (Å²) in [6, 6.07) is 7.47. The fraction of sp³-hybridized carbons (Fsp3) is 0.133. The predicted octanol–water partition coefficient (Wildman–Crippen LogP) is 2.75. The van der Waals surface area contributed by atoms with Gasteiger partial charge in [-0.25, -0.2) is 9.97 Å². The van der Waals surface area contributed by atoms with Crippen LogP contribution in [-0.2, 0) is 0 Å². The second-order valence-electron chi connectivity index (χ2n) is 4.47. The molecule has 0 atom stereocenters. The van der Waals surface area contributed by atoms with E-state index in [2.05, 4.69) is 20.3 Å². The van der Waals surface area contributed by atoms with Gasteiger partial charge in [0.1, 0.15) is 11.0 Å². The van der Waals surface area contributed by atoms with E-state index < -0.39 is 0 Å². The standard InChI is InChI=1S/C15H13ClN4O/c16-14-8-10(1-4-18-14)13-7-11-9-17-3-2-12(11)15(20-13)19-5-6-21/h1-4,7-9,21H,5-6H2,(H,19,20). The molecule has 0 fully saturated rings. The van der Waals surface area contributed by atoms with E-state index in [0.717, 1.165) is 22.0 Å². The maximum atomic E-state index is 8.99. The summed E-state index contributed by atoms with van der Waals surface area (Å²) in [5, 5.41) is 14.5. The lowest BCUT2D eigenvalue weighted by molar-refractivity contribution is 0.311. The Morgan fingerprint density at radius 2 is 2.10 bits per heavy atom. The van der Waals surface area contributed by atoms with E-state index in [-0.39, 0.29) is 6.61 Å². The first-order chi connectivity index (χ1) is 10.3. The molecule has 106 valence electrons. The van der Waals surface area contributed by atoms with Gasteiger partial charge in [-0.05, 0) is 24.3 Å². The second-order valence-corrected chi connectivity index (χ2v) is 4.86. The van der Waals surface area contributed by atoms with Crippen molar-refractivity contribution in [3.05, 3.63) is 48.0 Å². The highest BCUT2D eigenvalue weighted by Crippen LogP contribution is 2.27. The van der Waals surface area contributed by atoms with Gasteiger partial charge in [-0.2, -0.15) is 0 Å². The monoisotopic (exact) mass is 300 g/mol. The van der Waals surface area contributed by atoms with Crippen LogP contribution in [0.1, 0.15) is 0 Å². The molecule has 3 heterocycles. The summed E-state index contributed by atoms with van der Waals surface area (Å²) < 4.78 is 0. The van der Waals surface area contributed by atoms with Crippen molar-refractivity contribution in [1.29, 1.82) is 0 Å². The molecule has 0 saturated heterocycles. The topological polar surface area (TPSA) is 70.9 Å². The molecule has 0 unspecified atom stereocenters. The number of halogens is 1. The first kappa shape index (κ1) is 13.7. The maximum Gasteiger partial charge on any atom is 0.134 e. The molecule has 0 spiro atoms. The third kappa shape index (κ3) is 2.94. The predicted molar refractivity (Wildman–Crippen MR) is 83.4 cm³/mol. The summed E-state index contributed by atoms with van der Waals surface area (Å²) >= 11 is 5.94. The Morgan fingerprint density at radius 3 is 2.90 bits per heavy atom. The molecule has 3 aromatic rings. The van der Waals surface area contributed by atoms with Crippen molar-refractivity contribution in [3.63, 3.8) is 0 Å². The summed E-state index contributed by atoms with van der Waals surface area (Å²) in [5.74, 6) is 0.715. The molecule has 3 rings (SSSR count). The zero-order valence-electron chi connectivity index (χ0n) is 11.1. The van der Waals surface area contributed by atoms with Crippen LogP contribution in [-0.4, -0.2) is 33.2 Å². The minimum Gasteiger partial charge on any atom is -0.395 e. The van der Waals surface area contributed by atoms with Gasteiger partial charge in [0.2, 0.25) is 0 Å². The van der Waals surface area contributed by atoms with E-state index >= 15 is 0 Å². The van der Waals surface area contributed by atoms with Crippen molar-refractivity contribution < 1.29 is 5.11 Å². The normalized spacial score (nSPS) is 10.8. The smallest absolute Gasteiger partial charge is 0.134 e. The molecule has 21 heavy (non-hydrogen) atoms. The van der Waals surface area contributed by atoms with Crippen molar-refractivity contribution in [2.24, 2.45) is 0 Å². The van der Waals surface area contributed by atoms with Gasteiger partial charge in [0.25, 0.3) is 0 Å². The third-order valence-corrected chi connectivity index (χ3v) is 3.26. The number of aliphatic hydroxyl groups excluding tert-OH is 1. The Balaban J connectivity index is 2.15. The van der Waals surface area contributed by atoms with Crippen LogP contribution in [0.15, 0.2) is 42.9 Å². The number of hydrogen-bond acceptors (Lipinski definition) is 5. The van der Waals surface area contributed by atoms with Crippen molar-refractivity contribution in [3.8, 4) is 11.3 Å². The minimum atomic E-state index is 0.0412. The Bertz CT molecular complexity index is 778. The van der Waals surface area contributed by atoms with E-state index in [1.54, 1.807) is 24.7 Å². The van der Waals surface area contributed by atoms with Gasteiger partial charge in [0.15, 0.2) is 0 Å². The van der Waals surface area contributed by atoms with Gasteiger partial charge in [-0.15, -0.1) is 0 Å². The molecule has 5 nitrogen and oxygen atoms in total. The Labute approximate surface area is 126 Å². The zero-order chi connectivity index (χ0) is 14.7. The van der Waals surface area contributed by atoms with Crippen LogP contribution in [0.4, 0.5) is 5.82 Å². The molecule has 2 N–H and O–H groups in total. The molecule has 0 aliphatic rings. The van der Waals surface area contributed by atoms with E-state index in [0.29, 0.717) is 17.5 Å². The number of nitrogens with zero attached hydrogens (tertiary/aromatic N) is 3. The fourth-order valence-corrected chi connectivity index (χ4v) is 2.29. The number of fused-ring (bicyclic) bond motifs is 1. The molecule has 0 aliphatic carbocycles. The van der Waals surface area contributed by atoms with Gasteiger partial charge in [0.05, 0.1) is 12.3 Å². The average Bonchev–Trinajstić information content (AvgIpc) is 2.52. The summed E-state index contributed by atoms with van der Waals surface area (Å²) in [6.45, 7) is 0.477. The van der Waals surface area contributed by atoms with E-state index in [9.17, 15) is 0 Å². The van der Waals surface area contributed by atoms with Gasteiger partial charge >= 0.3 is 0 Å². The molecule has 0 aromatic carbocycles. The zero-order valence-corrected chi connectivity index (χ0v) is 11.9. The molecular formula is C15H13ClN4O. The van der Waals surface area contributed by atoms with Gasteiger partial charge in [-0.1, -0.05) is 11.6 Å². The molecular weight excluding hydrogens is 288 g/mol. The van der Waals surface area contributed by atoms with Crippen molar-refractivity contribution >= 4 is 28.2 Å². The molecule has 0 radical (unpaired) electrons. The van der Waals surface area contributed by atoms with Crippen LogP contribution in [0, 0.1) is 0 Å². The molecule has 0 saturated carbocycles. The highest BCUT2D eigenvalue weighted by molar-refractivity contribution is 6.29. The van der Waals surface area contributed by atoms with Crippen LogP contribution in [0.2, 0.25) is 5.15 Å². The lowest BCUT2D eigenvalue weighted by Gasteiger charge is -2.10. The SMILES string of the molecule is OCCNc1nc(-c2ccnc(Cl)c2)cc2cnccc12. The average molecular weight is 301 g/mol. The molecule has 0 bridgehead atoms. The summed E-state index contributed by atoms with van der Waals surface area (Å²) in [5.41, 5.74) is 1.66. The van der Waals surface area contributed by atoms with E-state index in [1.165, 1.54) is 0 Å². The molecule has 0 amide bonds. The summed E-state index contributed by atoms with van der Waals surface area (Å²) in [7, 11) is 0. The number of anilines is 1. The van der Waals surface area contributed by atoms with Crippen LogP contribution >= 0.6 is 11.6 Å². The lowest BCUT2D eigenvalue weighted by atomic mass is 10.1. The number of hydrogen-bond donors (Lipinski definition) is 2. The van der Waals surface area contributed by atoms with Crippen LogP contribution in [0.3, 0.4) is 0 Å². The summed E-state index contributed by atoms with van der Waals surface area (Å²) in [4.78, 5) is 12.7. The Hall–Kier alpha value is -2.24. The lowest BCUT2D eigenvalue weighted by Crippen LogP contribution is -2.08. The largest absolute Gasteiger partial charge is 0.395 e.